The molecule has 1 N–H and O–H groups in total. The Bertz CT molecular complexity index is 1820. The van der Waals surface area contributed by atoms with Crippen LogP contribution in [0.2, 0.25) is 5.02 Å². The molecule has 0 fully saturated rings. The van der Waals surface area contributed by atoms with Gasteiger partial charge in [-0.25, -0.2) is 26.5 Å². The van der Waals surface area contributed by atoms with E-state index in [-0.39, 0.29) is 35.0 Å². The van der Waals surface area contributed by atoms with Gasteiger partial charge in [0, 0.05) is 30.0 Å². The first-order valence-electron chi connectivity index (χ1n) is 13.9. The number of halogens is 1. The molecule has 0 atom stereocenters. The van der Waals surface area contributed by atoms with Crippen LogP contribution in [0.15, 0.2) is 88.0 Å². The van der Waals surface area contributed by atoms with Gasteiger partial charge in [-0.1, -0.05) is 49.7 Å². The summed E-state index contributed by atoms with van der Waals surface area (Å²) in [6, 6.07) is 21.1. The smallest absolute Gasteiger partial charge is 0.244 e. The number of aromatic nitrogens is 1. The van der Waals surface area contributed by atoms with Crippen molar-refractivity contribution in [2.75, 3.05) is 13.1 Å². The molecule has 0 amide bonds. The predicted molar refractivity (Wildman–Crippen MR) is 172 cm³/mol. The van der Waals surface area contributed by atoms with E-state index in [1.54, 1.807) is 30.3 Å². The Balaban J connectivity index is 1.46. The Labute approximate surface area is 268 Å². The minimum Gasteiger partial charge on any atom is -0.486 e. The molecule has 0 radical (unpaired) electrons. The van der Waals surface area contributed by atoms with Crippen molar-refractivity contribution in [3.63, 3.8) is 0 Å². The van der Waals surface area contributed by atoms with Gasteiger partial charge in [-0.3, -0.25) is 0 Å². The van der Waals surface area contributed by atoms with Crippen LogP contribution in [0.3, 0.4) is 0 Å². The molecule has 44 heavy (non-hydrogen) atoms. The van der Waals surface area contributed by atoms with Crippen LogP contribution in [0.5, 0.6) is 5.75 Å². The van der Waals surface area contributed by atoms with Crippen molar-refractivity contribution in [1.29, 1.82) is 5.26 Å². The SMILES string of the molecule is CC(C)c1csc(COc2cccc(CN(CCCCNS(=O)(=O)c3ccc(Cl)cc3)S(=O)(=O)c3ccccc3C#N)c2)n1. The van der Waals surface area contributed by atoms with E-state index in [0.717, 1.165) is 10.7 Å². The van der Waals surface area contributed by atoms with Gasteiger partial charge in [0.15, 0.2) is 0 Å². The van der Waals surface area contributed by atoms with Gasteiger partial charge in [-0.2, -0.15) is 9.57 Å². The third-order valence-corrected chi connectivity index (χ3v) is 11.1. The van der Waals surface area contributed by atoms with Crippen LogP contribution in [0, 0.1) is 11.3 Å². The van der Waals surface area contributed by atoms with Crippen LogP contribution < -0.4 is 9.46 Å². The highest BCUT2D eigenvalue weighted by Gasteiger charge is 2.27. The second kappa shape index (κ2) is 15.1. The summed E-state index contributed by atoms with van der Waals surface area (Å²) in [5, 5.41) is 12.9. The molecule has 0 aliphatic heterocycles. The maximum Gasteiger partial charge on any atom is 0.244 e. The first-order chi connectivity index (χ1) is 21.0. The lowest BCUT2D eigenvalue weighted by atomic mass is 10.2. The lowest BCUT2D eigenvalue weighted by Crippen LogP contribution is -2.33. The summed E-state index contributed by atoms with van der Waals surface area (Å²) in [7, 11) is -7.80. The van der Waals surface area contributed by atoms with E-state index in [2.05, 4.69) is 23.6 Å². The third kappa shape index (κ3) is 8.88. The largest absolute Gasteiger partial charge is 0.486 e. The minimum absolute atomic E-state index is 0.0323. The lowest BCUT2D eigenvalue weighted by molar-refractivity contribution is 0.304. The van der Waals surface area contributed by atoms with Gasteiger partial charge in [-0.15, -0.1) is 11.3 Å². The molecule has 0 aliphatic carbocycles. The normalized spacial score (nSPS) is 12.0. The molecule has 4 rings (SSSR count). The molecule has 0 saturated carbocycles. The summed E-state index contributed by atoms with van der Waals surface area (Å²) in [5.41, 5.74) is 1.76. The second-order valence-corrected chi connectivity index (χ2v) is 15.3. The van der Waals surface area contributed by atoms with Crippen LogP contribution in [-0.4, -0.2) is 39.2 Å². The van der Waals surface area contributed by atoms with Crippen molar-refractivity contribution >= 4 is 43.0 Å². The zero-order valence-corrected chi connectivity index (χ0v) is 27.5. The molecule has 9 nitrogen and oxygen atoms in total. The van der Waals surface area contributed by atoms with Crippen molar-refractivity contribution < 1.29 is 21.6 Å². The van der Waals surface area contributed by atoms with Gasteiger partial charge in [0.25, 0.3) is 0 Å². The quantitative estimate of drug-likeness (QED) is 0.146. The van der Waals surface area contributed by atoms with Crippen molar-refractivity contribution in [2.45, 2.75) is 55.5 Å². The van der Waals surface area contributed by atoms with E-state index in [1.165, 1.54) is 52.0 Å². The average molecular weight is 673 g/mol. The highest BCUT2D eigenvalue weighted by atomic mass is 35.5. The van der Waals surface area contributed by atoms with Crippen LogP contribution >= 0.6 is 22.9 Å². The monoisotopic (exact) mass is 672 g/mol. The van der Waals surface area contributed by atoms with Gasteiger partial charge in [0.2, 0.25) is 20.0 Å². The number of nitrogens with one attached hydrogen (secondary N) is 1. The Kier molecular flexibility index (Phi) is 11.5. The molecule has 4 aromatic rings. The first kappa shape index (κ1) is 33.6. The van der Waals surface area contributed by atoms with E-state index in [0.29, 0.717) is 41.7 Å². The fourth-order valence-electron chi connectivity index (χ4n) is 4.26. The first-order valence-corrected chi connectivity index (χ1v) is 18.1. The molecule has 0 unspecified atom stereocenters. The molecule has 13 heteroatoms. The summed E-state index contributed by atoms with van der Waals surface area (Å²) in [5.74, 6) is 0.904. The highest BCUT2D eigenvalue weighted by Crippen LogP contribution is 2.25. The van der Waals surface area contributed by atoms with Crippen molar-refractivity contribution in [3.05, 3.63) is 105 Å². The van der Waals surface area contributed by atoms with Crippen LogP contribution in [0.1, 0.15) is 54.4 Å². The van der Waals surface area contributed by atoms with Gasteiger partial charge in [0.1, 0.15) is 23.4 Å². The van der Waals surface area contributed by atoms with Crippen molar-refractivity contribution in [3.8, 4) is 11.8 Å². The number of rotatable bonds is 15. The van der Waals surface area contributed by atoms with E-state index in [1.807, 2.05) is 17.5 Å². The average Bonchev–Trinajstić information content (AvgIpc) is 3.49. The molecule has 3 aromatic carbocycles. The number of nitrogens with zero attached hydrogens (tertiary/aromatic N) is 3. The molecule has 0 aliphatic rings. The highest BCUT2D eigenvalue weighted by molar-refractivity contribution is 7.89. The fraction of sp³-hybridized carbons (Fsp3) is 0.290. The van der Waals surface area contributed by atoms with Crippen molar-refractivity contribution in [1.82, 2.24) is 14.0 Å². The zero-order valence-electron chi connectivity index (χ0n) is 24.3. The third-order valence-electron chi connectivity index (χ3n) is 6.66. The molecule has 0 saturated heterocycles. The summed E-state index contributed by atoms with van der Waals surface area (Å²) in [6.07, 6.45) is 0.754. The summed E-state index contributed by atoms with van der Waals surface area (Å²) < 4.78 is 62.7. The van der Waals surface area contributed by atoms with Gasteiger partial charge >= 0.3 is 0 Å². The topological polar surface area (TPSA) is 129 Å². The Morgan fingerprint density at radius 1 is 1.02 bits per heavy atom. The molecule has 1 heterocycles. The van der Waals surface area contributed by atoms with Crippen LogP contribution in [0.4, 0.5) is 0 Å². The number of sulfonamides is 2. The number of benzene rings is 3. The molecule has 0 bridgehead atoms. The number of unbranched alkanes of at least 4 members (excludes halogenated alkanes) is 1. The molecular weight excluding hydrogens is 640 g/mol. The summed E-state index contributed by atoms with van der Waals surface area (Å²) in [6.45, 7) is 4.71. The molecule has 1 aromatic heterocycles. The Hall–Kier alpha value is -3.31. The maximum atomic E-state index is 13.8. The summed E-state index contributed by atoms with van der Waals surface area (Å²) in [4.78, 5) is 4.61. The van der Waals surface area contributed by atoms with E-state index in [4.69, 9.17) is 16.3 Å². The van der Waals surface area contributed by atoms with Crippen LogP contribution in [0.25, 0.3) is 0 Å². The Morgan fingerprint density at radius 2 is 1.77 bits per heavy atom. The number of thiazole rings is 1. The lowest BCUT2D eigenvalue weighted by Gasteiger charge is -2.23. The van der Waals surface area contributed by atoms with Crippen molar-refractivity contribution in [2.24, 2.45) is 0 Å². The number of hydrogen-bond acceptors (Lipinski definition) is 8. The van der Waals surface area contributed by atoms with Crippen LogP contribution in [-0.2, 0) is 33.2 Å². The maximum absolute atomic E-state index is 13.8. The molecule has 232 valence electrons. The summed E-state index contributed by atoms with van der Waals surface area (Å²) >= 11 is 7.39. The number of ether oxygens (including phenoxy) is 1. The predicted octanol–water partition coefficient (Wildman–Crippen LogP) is 6.32. The number of hydrogen-bond donors (Lipinski definition) is 1. The molecule has 0 spiro atoms. The van der Waals surface area contributed by atoms with E-state index < -0.39 is 20.0 Å². The zero-order chi connectivity index (χ0) is 31.7. The van der Waals surface area contributed by atoms with E-state index >= 15 is 0 Å². The Morgan fingerprint density at radius 3 is 2.48 bits per heavy atom. The molecular formula is C31H33ClN4O5S3. The van der Waals surface area contributed by atoms with Gasteiger partial charge in [0.05, 0.1) is 21.0 Å². The van der Waals surface area contributed by atoms with E-state index in [9.17, 15) is 22.1 Å². The van der Waals surface area contributed by atoms with Gasteiger partial charge < -0.3 is 4.74 Å². The van der Waals surface area contributed by atoms with Gasteiger partial charge in [-0.05, 0) is 72.9 Å². The number of nitriles is 1. The fourth-order valence-corrected chi connectivity index (χ4v) is 7.94. The minimum atomic E-state index is -4.07. The second-order valence-electron chi connectivity index (χ2n) is 10.3. The standard InChI is InChI=1S/C31H33ClN4O5S3/c1-23(2)29-22-42-31(35-29)21-41-27-10-7-8-24(18-27)20-36(44(39,40)30-11-4-3-9-25(30)19-33)17-6-5-16-34-43(37,38)28-14-12-26(32)13-15-28/h3-4,7-15,18,22-23,34H,5-6,16-17,20-21H2,1-2H3.